The average molecular weight is 405 g/mol. The van der Waals surface area contributed by atoms with E-state index in [0.717, 1.165) is 32.6 Å². The number of hydrogen-bond acceptors (Lipinski definition) is 5. The van der Waals surface area contributed by atoms with E-state index >= 15 is 0 Å². The van der Waals surface area contributed by atoms with Crippen molar-refractivity contribution >= 4 is 5.91 Å². The zero-order valence-corrected chi connectivity index (χ0v) is 17.4. The maximum absolute atomic E-state index is 12.7. The summed E-state index contributed by atoms with van der Waals surface area (Å²) in [4.78, 5) is 21.3. The molecule has 0 saturated carbocycles. The smallest absolute Gasteiger partial charge is 0.226 e. The molecule has 1 amide bonds. The van der Waals surface area contributed by atoms with E-state index in [1.165, 1.54) is 11.1 Å². The molecule has 0 atom stereocenters. The second-order valence-electron chi connectivity index (χ2n) is 7.73. The zero-order chi connectivity index (χ0) is 20.8. The van der Waals surface area contributed by atoms with Gasteiger partial charge in [-0.1, -0.05) is 65.8 Å². The highest BCUT2D eigenvalue weighted by molar-refractivity contribution is 5.76. The highest BCUT2D eigenvalue weighted by Gasteiger charge is 2.27. The Kier molecular flexibility index (Phi) is 6.54. The average Bonchev–Trinajstić information content (AvgIpc) is 3.21. The van der Waals surface area contributed by atoms with Crippen LogP contribution in [0.1, 0.15) is 41.7 Å². The summed E-state index contributed by atoms with van der Waals surface area (Å²) >= 11 is 0. The summed E-state index contributed by atoms with van der Waals surface area (Å²) in [6.07, 6.45) is 1.90. The summed E-state index contributed by atoms with van der Waals surface area (Å²) in [6, 6.07) is 21.4. The molecule has 0 N–H and O–H groups in total. The molecule has 0 bridgehead atoms. The summed E-state index contributed by atoms with van der Waals surface area (Å²) in [5.41, 5.74) is 2.58. The molecule has 2 heterocycles. The molecule has 1 aliphatic rings. The lowest BCUT2D eigenvalue weighted by atomic mass is 9.96. The van der Waals surface area contributed by atoms with Crippen LogP contribution in [0, 0.1) is 6.92 Å². The third kappa shape index (κ3) is 4.94. The van der Waals surface area contributed by atoms with E-state index in [0.29, 0.717) is 24.6 Å². The number of carbonyl (C=O) groups is 1. The molecular weight excluding hydrogens is 376 g/mol. The SMILES string of the molecule is Cc1noc(CCCC(=O)N2CCN(C(c3ccccc3)c3ccccc3)CC2)n1. The van der Waals surface area contributed by atoms with Gasteiger partial charge in [0.05, 0.1) is 6.04 Å². The van der Waals surface area contributed by atoms with Gasteiger partial charge in [0.25, 0.3) is 0 Å². The lowest BCUT2D eigenvalue weighted by molar-refractivity contribution is -0.133. The molecule has 0 spiro atoms. The van der Waals surface area contributed by atoms with Crippen molar-refractivity contribution in [2.24, 2.45) is 0 Å². The molecule has 4 rings (SSSR count). The molecule has 0 unspecified atom stereocenters. The Morgan fingerprint density at radius 3 is 2.10 bits per heavy atom. The summed E-state index contributed by atoms with van der Waals surface area (Å²) < 4.78 is 5.12. The molecule has 1 saturated heterocycles. The van der Waals surface area contributed by atoms with Crippen LogP contribution in [-0.4, -0.2) is 52.0 Å². The Hall–Kier alpha value is -2.99. The highest BCUT2D eigenvalue weighted by atomic mass is 16.5. The highest BCUT2D eigenvalue weighted by Crippen LogP contribution is 2.29. The Morgan fingerprint density at radius 1 is 0.967 bits per heavy atom. The van der Waals surface area contributed by atoms with Crippen LogP contribution in [0.25, 0.3) is 0 Å². The van der Waals surface area contributed by atoms with Crippen LogP contribution in [0.5, 0.6) is 0 Å². The first-order valence-corrected chi connectivity index (χ1v) is 10.6. The predicted molar refractivity (Wildman–Crippen MR) is 115 cm³/mol. The van der Waals surface area contributed by atoms with Gasteiger partial charge in [-0.05, 0) is 24.5 Å². The minimum Gasteiger partial charge on any atom is -0.340 e. The third-order valence-corrected chi connectivity index (χ3v) is 5.61. The Balaban J connectivity index is 1.34. The van der Waals surface area contributed by atoms with Crippen molar-refractivity contribution in [2.75, 3.05) is 26.2 Å². The van der Waals surface area contributed by atoms with E-state index in [-0.39, 0.29) is 11.9 Å². The molecule has 1 aliphatic heterocycles. The van der Waals surface area contributed by atoms with E-state index in [4.69, 9.17) is 4.52 Å². The molecule has 3 aromatic rings. The normalized spacial score (nSPS) is 14.9. The maximum atomic E-state index is 12.7. The summed E-state index contributed by atoms with van der Waals surface area (Å²) in [5.74, 6) is 1.46. The van der Waals surface area contributed by atoms with E-state index in [9.17, 15) is 4.79 Å². The number of aromatic nitrogens is 2. The molecule has 30 heavy (non-hydrogen) atoms. The maximum Gasteiger partial charge on any atom is 0.226 e. The molecule has 0 aliphatic carbocycles. The topological polar surface area (TPSA) is 62.5 Å². The van der Waals surface area contributed by atoms with Gasteiger partial charge in [-0.25, -0.2) is 0 Å². The van der Waals surface area contributed by atoms with Gasteiger partial charge in [-0.2, -0.15) is 4.98 Å². The number of aryl methyl sites for hydroxylation is 2. The van der Waals surface area contributed by atoms with Crippen molar-refractivity contribution < 1.29 is 9.32 Å². The van der Waals surface area contributed by atoms with E-state index < -0.39 is 0 Å². The summed E-state index contributed by atoms with van der Waals surface area (Å²) in [6.45, 7) is 5.05. The van der Waals surface area contributed by atoms with Crippen LogP contribution in [0.4, 0.5) is 0 Å². The van der Waals surface area contributed by atoms with Gasteiger partial charge in [0.1, 0.15) is 0 Å². The minimum atomic E-state index is 0.210. The first-order chi connectivity index (χ1) is 14.7. The molecule has 6 heteroatoms. The number of nitrogens with zero attached hydrogens (tertiary/aromatic N) is 4. The molecule has 1 fully saturated rings. The number of carbonyl (C=O) groups excluding carboxylic acids is 1. The second-order valence-corrected chi connectivity index (χ2v) is 7.73. The van der Waals surface area contributed by atoms with Crippen molar-refractivity contribution in [1.29, 1.82) is 0 Å². The van der Waals surface area contributed by atoms with E-state index in [1.807, 2.05) is 4.90 Å². The monoisotopic (exact) mass is 404 g/mol. The van der Waals surface area contributed by atoms with Crippen molar-refractivity contribution in [3.8, 4) is 0 Å². The Bertz CT molecular complexity index is 895. The second kappa shape index (κ2) is 9.67. The van der Waals surface area contributed by atoms with Crippen molar-refractivity contribution in [3.63, 3.8) is 0 Å². The van der Waals surface area contributed by atoms with E-state index in [2.05, 4.69) is 75.7 Å². The number of piperazine rings is 1. The fraction of sp³-hybridized carbons (Fsp3) is 0.375. The van der Waals surface area contributed by atoms with Crippen LogP contribution in [0.3, 0.4) is 0 Å². The van der Waals surface area contributed by atoms with Gasteiger partial charge in [-0.3, -0.25) is 9.69 Å². The Morgan fingerprint density at radius 2 is 1.57 bits per heavy atom. The number of rotatable bonds is 7. The van der Waals surface area contributed by atoms with Crippen LogP contribution >= 0.6 is 0 Å². The summed E-state index contributed by atoms with van der Waals surface area (Å²) in [7, 11) is 0. The van der Waals surface area contributed by atoms with Crippen LogP contribution in [0.2, 0.25) is 0 Å². The van der Waals surface area contributed by atoms with Crippen molar-refractivity contribution in [3.05, 3.63) is 83.5 Å². The number of amides is 1. The molecule has 0 radical (unpaired) electrons. The predicted octanol–water partition coefficient (Wildman–Crippen LogP) is 3.63. The molecule has 156 valence electrons. The molecular formula is C24H28N4O2. The molecule has 1 aromatic heterocycles. The quantitative estimate of drug-likeness (QED) is 0.602. The van der Waals surface area contributed by atoms with Gasteiger partial charge < -0.3 is 9.42 Å². The first kappa shape index (κ1) is 20.3. The zero-order valence-electron chi connectivity index (χ0n) is 17.4. The van der Waals surface area contributed by atoms with Gasteiger partial charge >= 0.3 is 0 Å². The van der Waals surface area contributed by atoms with Gasteiger partial charge in [-0.15, -0.1) is 0 Å². The standard InChI is InChI=1S/C24H28N4O2/c1-19-25-22(30-26-19)13-8-14-23(29)27-15-17-28(18-16-27)24(20-9-4-2-5-10-20)21-11-6-3-7-12-21/h2-7,9-12,24H,8,13-18H2,1H3. The van der Waals surface area contributed by atoms with E-state index in [1.54, 1.807) is 6.92 Å². The van der Waals surface area contributed by atoms with Gasteiger partial charge in [0.2, 0.25) is 11.8 Å². The lowest BCUT2D eigenvalue weighted by Gasteiger charge is -2.40. The fourth-order valence-corrected chi connectivity index (χ4v) is 4.10. The fourth-order valence-electron chi connectivity index (χ4n) is 4.10. The van der Waals surface area contributed by atoms with Crippen LogP contribution in [-0.2, 0) is 11.2 Å². The summed E-state index contributed by atoms with van der Waals surface area (Å²) in [5, 5.41) is 3.79. The van der Waals surface area contributed by atoms with Crippen molar-refractivity contribution in [2.45, 2.75) is 32.2 Å². The molecule has 2 aromatic carbocycles. The third-order valence-electron chi connectivity index (χ3n) is 5.61. The molecule has 6 nitrogen and oxygen atoms in total. The largest absolute Gasteiger partial charge is 0.340 e. The Labute approximate surface area is 177 Å². The van der Waals surface area contributed by atoms with Gasteiger partial charge in [0.15, 0.2) is 5.82 Å². The number of hydrogen-bond donors (Lipinski definition) is 0. The van der Waals surface area contributed by atoms with Gasteiger partial charge in [0, 0.05) is 39.0 Å². The number of benzene rings is 2. The van der Waals surface area contributed by atoms with Crippen molar-refractivity contribution in [1.82, 2.24) is 19.9 Å². The lowest BCUT2D eigenvalue weighted by Crippen LogP contribution is -2.49. The first-order valence-electron chi connectivity index (χ1n) is 10.6. The minimum absolute atomic E-state index is 0.210. The van der Waals surface area contributed by atoms with Crippen LogP contribution in [0.15, 0.2) is 65.2 Å². The van der Waals surface area contributed by atoms with Crippen LogP contribution < -0.4 is 0 Å².